The van der Waals surface area contributed by atoms with Crippen LogP contribution < -0.4 is 0 Å². The molecular formula is C13H19NO3S2. The Morgan fingerprint density at radius 1 is 1.53 bits per heavy atom. The van der Waals surface area contributed by atoms with E-state index < -0.39 is 9.84 Å². The summed E-state index contributed by atoms with van der Waals surface area (Å²) in [6, 6.07) is 3.50. The molecule has 2 heterocycles. The molecule has 1 atom stereocenters. The molecule has 1 amide bonds. The van der Waals surface area contributed by atoms with E-state index in [0.29, 0.717) is 17.8 Å². The van der Waals surface area contributed by atoms with Crippen LogP contribution in [-0.4, -0.2) is 43.3 Å². The molecule has 0 aliphatic carbocycles. The highest BCUT2D eigenvalue weighted by molar-refractivity contribution is 7.91. The molecule has 1 aliphatic heterocycles. The number of carbonyl (C=O) groups excluding carboxylic acids is 1. The van der Waals surface area contributed by atoms with Crippen molar-refractivity contribution in [2.45, 2.75) is 32.2 Å². The summed E-state index contributed by atoms with van der Waals surface area (Å²) >= 11 is 1.41. The number of unbranched alkanes of at least 4 members (excludes halogenated alkanes) is 1. The quantitative estimate of drug-likeness (QED) is 0.837. The molecule has 2 rings (SSSR count). The molecule has 106 valence electrons. The van der Waals surface area contributed by atoms with E-state index >= 15 is 0 Å². The van der Waals surface area contributed by atoms with Crippen molar-refractivity contribution in [1.82, 2.24) is 4.90 Å². The largest absolute Gasteiger partial charge is 0.334 e. The Morgan fingerprint density at radius 3 is 2.84 bits per heavy atom. The van der Waals surface area contributed by atoms with E-state index in [1.807, 2.05) is 11.4 Å². The molecule has 4 nitrogen and oxygen atoms in total. The number of hydrogen-bond acceptors (Lipinski definition) is 4. The van der Waals surface area contributed by atoms with Crippen molar-refractivity contribution in [1.29, 1.82) is 0 Å². The van der Waals surface area contributed by atoms with Crippen LogP contribution in [0.15, 0.2) is 17.5 Å². The van der Waals surface area contributed by atoms with E-state index in [1.165, 1.54) is 11.3 Å². The molecular weight excluding hydrogens is 282 g/mol. The fraction of sp³-hybridized carbons (Fsp3) is 0.615. The maximum absolute atomic E-state index is 12.5. The topological polar surface area (TPSA) is 54.5 Å². The van der Waals surface area contributed by atoms with Gasteiger partial charge in [-0.3, -0.25) is 4.79 Å². The van der Waals surface area contributed by atoms with E-state index in [1.54, 1.807) is 11.0 Å². The number of sulfone groups is 1. The highest BCUT2D eigenvalue weighted by atomic mass is 32.2. The van der Waals surface area contributed by atoms with Crippen LogP contribution in [0.4, 0.5) is 0 Å². The van der Waals surface area contributed by atoms with Crippen molar-refractivity contribution >= 4 is 27.1 Å². The van der Waals surface area contributed by atoms with Crippen molar-refractivity contribution in [3.05, 3.63) is 22.4 Å². The second-order valence-electron chi connectivity index (χ2n) is 4.89. The number of thiophene rings is 1. The predicted molar refractivity (Wildman–Crippen MR) is 77.3 cm³/mol. The van der Waals surface area contributed by atoms with E-state index in [4.69, 9.17) is 0 Å². The molecule has 0 unspecified atom stereocenters. The van der Waals surface area contributed by atoms with Gasteiger partial charge in [0.15, 0.2) is 9.84 Å². The average Bonchev–Trinajstić information content (AvgIpc) is 2.99. The summed E-state index contributed by atoms with van der Waals surface area (Å²) < 4.78 is 23.2. The third kappa shape index (κ3) is 3.57. The minimum absolute atomic E-state index is 0.0226. The van der Waals surface area contributed by atoms with Gasteiger partial charge in [-0.2, -0.15) is 0 Å². The second-order valence-corrected chi connectivity index (χ2v) is 8.06. The van der Waals surface area contributed by atoms with Gasteiger partial charge in [0.25, 0.3) is 5.91 Å². The summed E-state index contributed by atoms with van der Waals surface area (Å²) in [6.45, 7) is 2.71. The fourth-order valence-corrected chi connectivity index (χ4v) is 4.75. The summed E-state index contributed by atoms with van der Waals surface area (Å²) in [6.07, 6.45) is 2.48. The molecule has 1 fully saturated rings. The Balaban J connectivity index is 2.14. The highest BCUT2D eigenvalue weighted by Gasteiger charge is 2.34. The molecule has 0 radical (unpaired) electrons. The molecule has 1 aromatic heterocycles. The average molecular weight is 301 g/mol. The van der Waals surface area contributed by atoms with Gasteiger partial charge in [0.05, 0.1) is 16.4 Å². The maximum atomic E-state index is 12.5. The lowest BCUT2D eigenvalue weighted by Crippen LogP contribution is -2.41. The first-order chi connectivity index (χ1) is 9.03. The monoisotopic (exact) mass is 301 g/mol. The maximum Gasteiger partial charge on any atom is 0.264 e. The standard InChI is InChI=1S/C13H19NO3S2/c1-2-3-7-14(11-6-9-19(16,17)10-11)13(15)12-5-4-8-18-12/h4-5,8,11H,2-3,6-7,9-10H2,1H3/t11-/m1/s1. The SMILES string of the molecule is CCCCN(C(=O)c1cccs1)[C@@H]1CCS(=O)(=O)C1. The summed E-state index contributed by atoms with van der Waals surface area (Å²) in [5.41, 5.74) is 0. The molecule has 0 aromatic carbocycles. The van der Waals surface area contributed by atoms with Crippen LogP contribution >= 0.6 is 11.3 Å². The molecule has 1 saturated heterocycles. The van der Waals surface area contributed by atoms with Crippen LogP contribution in [0.5, 0.6) is 0 Å². The minimum atomic E-state index is -2.96. The van der Waals surface area contributed by atoms with Crippen molar-refractivity contribution in [2.24, 2.45) is 0 Å². The number of hydrogen-bond donors (Lipinski definition) is 0. The van der Waals surface area contributed by atoms with Gasteiger partial charge in [0.1, 0.15) is 0 Å². The van der Waals surface area contributed by atoms with Crippen molar-refractivity contribution in [3.63, 3.8) is 0 Å². The van der Waals surface area contributed by atoms with Gasteiger partial charge in [0.2, 0.25) is 0 Å². The zero-order valence-electron chi connectivity index (χ0n) is 11.0. The summed E-state index contributed by atoms with van der Waals surface area (Å²) in [4.78, 5) is 14.9. The Hall–Kier alpha value is -0.880. The molecule has 0 spiro atoms. The van der Waals surface area contributed by atoms with Crippen molar-refractivity contribution < 1.29 is 13.2 Å². The third-order valence-corrected chi connectivity index (χ3v) is 6.00. The zero-order valence-corrected chi connectivity index (χ0v) is 12.7. The number of amides is 1. The van der Waals surface area contributed by atoms with Crippen molar-refractivity contribution in [2.75, 3.05) is 18.1 Å². The van der Waals surface area contributed by atoms with Crippen LogP contribution in [-0.2, 0) is 9.84 Å². The van der Waals surface area contributed by atoms with E-state index in [2.05, 4.69) is 6.92 Å². The highest BCUT2D eigenvalue weighted by Crippen LogP contribution is 2.22. The second kappa shape index (κ2) is 6.05. The fourth-order valence-electron chi connectivity index (χ4n) is 2.34. The van der Waals surface area contributed by atoms with Crippen LogP contribution in [0.1, 0.15) is 35.9 Å². The van der Waals surface area contributed by atoms with Crippen LogP contribution in [0, 0.1) is 0 Å². The molecule has 0 N–H and O–H groups in total. The summed E-state index contributed by atoms with van der Waals surface area (Å²) in [5, 5.41) is 1.87. The molecule has 6 heteroatoms. The molecule has 0 bridgehead atoms. The van der Waals surface area contributed by atoms with Gasteiger partial charge in [-0.15, -0.1) is 11.3 Å². The van der Waals surface area contributed by atoms with Gasteiger partial charge in [-0.1, -0.05) is 19.4 Å². The Bertz CT molecular complexity index is 522. The van der Waals surface area contributed by atoms with E-state index in [9.17, 15) is 13.2 Å². The van der Waals surface area contributed by atoms with Gasteiger partial charge in [-0.05, 0) is 24.3 Å². The smallest absolute Gasteiger partial charge is 0.264 e. The molecule has 1 aromatic rings. The van der Waals surface area contributed by atoms with Gasteiger partial charge in [0, 0.05) is 12.6 Å². The van der Waals surface area contributed by atoms with Crippen LogP contribution in [0.3, 0.4) is 0 Å². The Kier molecular flexibility index (Phi) is 4.62. The van der Waals surface area contributed by atoms with Crippen LogP contribution in [0.2, 0.25) is 0 Å². The first-order valence-electron chi connectivity index (χ1n) is 6.58. The normalized spacial score (nSPS) is 21.4. The number of rotatable bonds is 5. The Morgan fingerprint density at radius 2 is 2.32 bits per heavy atom. The van der Waals surface area contributed by atoms with E-state index in [-0.39, 0.29) is 23.5 Å². The lowest BCUT2D eigenvalue weighted by atomic mass is 10.2. The van der Waals surface area contributed by atoms with Gasteiger partial charge >= 0.3 is 0 Å². The first kappa shape index (κ1) is 14.5. The first-order valence-corrected chi connectivity index (χ1v) is 9.28. The molecule has 0 saturated carbocycles. The molecule has 19 heavy (non-hydrogen) atoms. The van der Waals surface area contributed by atoms with Gasteiger partial charge in [-0.25, -0.2) is 8.42 Å². The van der Waals surface area contributed by atoms with Gasteiger partial charge < -0.3 is 4.90 Å². The predicted octanol–water partition coefficient (Wildman–Crippen LogP) is 2.18. The third-order valence-electron chi connectivity index (χ3n) is 3.39. The number of carbonyl (C=O) groups is 1. The molecule has 1 aliphatic rings. The number of nitrogens with zero attached hydrogens (tertiary/aromatic N) is 1. The lowest BCUT2D eigenvalue weighted by molar-refractivity contribution is 0.0699. The summed E-state index contributed by atoms with van der Waals surface area (Å²) in [7, 11) is -2.96. The van der Waals surface area contributed by atoms with Crippen molar-refractivity contribution in [3.8, 4) is 0 Å². The van der Waals surface area contributed by atoms with Crippen LogP contribution in [0.25, 0.3) is 0 Å². The zero-order chi connectivity index (χ0) is 13.9. The summed E-state index contributed by atoms with van der Waals surface area (Å²) in [5.74, 6) is 0.303. The van der Waals surface area contributed by atoms with E-state index in [0.717, 1.165) is 12.8 Å². The Labute approximate surface area is 118 Å². The lowest BCUT2D eigenvalue weighted by Gasteiger charge is -2.27. The minimum Gasteiger partial charge on any atom is -0.334 e.